The first-order valence-corrected chi connectivity index (χ1v) is 19.6. The third-order valence-corrected chi connectivity index (χ3v) is 16.3. The first-order chi connectivity index (χ1) is 19.3. The average Bonchev–Trinajstić information content (AvgIpc) is 3.62. The molecule has 0 aromatic carbocycles. The molecule has 6 bridgehead atoms. The number of nitrogens with one attached hydrogen (secondary N) is 2. The Hall–Kier alpha value is -0.150. The largest absolute Gasteiger partial charge is 0.338 e. The number of nitrogens with zero attached hydrogens (tertiary/aromatic N) is 2. The molecular formula is C35H63N4P. The molecule has 0 aromatic rings. The highest BCUT2D eigenvalue weighted by Crippen LogP contribution is 2.65. The van der Waals surface area contributed by atoms with Gasteiger partial charge in [0, 0.05) is 53.9 Å². The van der Waals surface area contributed by atoms with E-state index in [9.17, 15) is 0 Å². The van der Waals surface area contributed by atoms with Crippen LogP contribution in [0.4, 0.5) is 0 Å². The molecule has 16 atom stereocenters. The van der Waals surface area contributed by atoms with E-state index in [0.29, 0.717) is 30.1 Å². The molecule has 6 heterocycles. The van der Waals surface area contributed by atoms with Crippen LogP contribution in [-0.4, -0.2) is 58.3 Å². The summed E-state index contributed by atoms with van der Waals surface area (Å²) in [6, 6.07) is 4.81. The molecule has 0 spiro atoms. The van der Waals surface area contributed by atoms with Crippen LogP contribution in [0.25, 0.3) is 0 Å². The van der Waals surface area contributed by atoms with Crippen molar-refractivity contribution in [3.05, 3.63) is 11.8 Å². The summed E-state index contributed by atoms with van der Waals surface area (Å²) in [5.41, 5.74) is 1.74. The van der Waals surface area contributed by atoms with Crippen molar-refractivity contribution in [3.63, 3.8) is 0 Å². The molecule has 6 aliphatic rings. The fourth-order valence-electron chi connectivity index (χ4n) is 12.1. The van der Waals surface area contributed by atoms with Gasteiger partial charge in [0.2, 0.25) is 0 Å². The van der Waals surface area contributed by atoms with E-state index in [-0.39, 0.29) is 8.22 Å². The van der Waals surface area contributed by atoms with Gasteiger partial charge in [0.05, 0.1) is 8.22 Å². The molecule has 0 amide bonds. The molecule has 6 rings (SSSR count). The number of rotatable bonds is 6. The lowest BCUT2D eigenvalue weighted by Crippen LogP contribution is -2.50. The van der Waals surface area contributed by atoms with Gasteiger partial charge in [-0.2, -0.15) is 0 Å². The van der Waals surface area contributed by atoms with Gasteiger partial charge in [0.15, 0.2) is 0 Å². The van der Waals surface area contributed by atoms with Gasteiger partial charge in [-0.3, -0.25) is 4.67 Å². The highest BCUT2D eigenvalue weighted by Gasteiger charge is 2.59. The summed E-state index contributed by atoms with van der Waals surface area (Å²) in [7, 11) is -0.334. The Morgan fingerprint density at radius 3 is 1.82 bits per heavy atom. The molecule has 0 aromatic heterocycles. The third-order valence-electron chi connectivity index (χ3n) is 13.9. The smallest absolute Gasteiger partial charge is 0.0644 e. The van der Waals surface area contributed by atoms with Crippen molar-refractivity contribution in [1.82, 2.24) is 20.0 Å². The van der Waals surface area contributed by atoms with Gasteiger partial charge in [-0.05, 0) is 73.4 Å². The molecule has 16 unspecified atom stereocenters. The van der Waals surface area contributed by atoms with Gasteiger partial charge in [0.25, 0.3) is 0 Å². The zero-order valence-electron chi connectivity index (χ0n) is 27.4. The Bertz CT molecular complexity index is 923. The van der Waals surface area contributed by atoms with Crippen LogP contribution >= 0.6 is 8.22 Å². The van der Waals surface area contributed by atoms with Gasteiger partial charge in [0.1, 0.15) is 0 Å². The third kappa shape index (κ3) is 4.42. The summed E-state index contributed by atoms with van der Waals surface area (Å²) >= 11 is 0. The van der Waals surface area contributed by atoms with E-state index in [0.717, 1.165) is 59.6 Å². The lowest BCUT2D eigenvalue weighted by molar-refractivity contribution is 0.173. The maximum Gasteiger partial charge on any atom is 0.0644 e. The van der Waals surface area contributed by atoms with Crippen molar-refractivity contribution in [2.24, 2.45) is 47.3 Å². The van der Waals surface area contributed by atoms with E-state index in [4.69, 9.17) is 0 Å². The van der Waals surface area contributed by atoms with Crippen molar-refractivity contribution >= 4 is 8.22 Å². The van der Waals surface area contributed by atoms with Crippen LogP contribution in [-0.2, 0) is 0 Å². The Morgan fingerprint density at radius 2 is 1.23 bits per heavy atom. The lowest BCUT2D eigenvalue weighted by atomic mass is 9.76. The van der Waals surface area contributed by atoms with Crippen LogP contribution in [0, 0.1) is 47.3 Å². The van der Waals surface area contributed by atoms with E-state index >= 15 is 0 Å². The van der Waals surface area contributed by atoms with Gasteiger partial charge < -0.3 is 15.3 Å². The SMILES string of the molecule is CCC1C2CC3NC(/C=C4/C(C)C(CC)C5CC6C(CC)C(CC)C(CC(N2)C1C)N6P(C)N45)C(CC)C3CC. The van der Waals surface area contributed by atoms with Gasteiger partial charge in [-0.15, -0.1) is 0 Å². The maximum atomic E-state index is 4.37. The minimum atomic E-state index is -0.334. The topological polar surface area (TPSA) is 30.5 Å². The quantitative estimate of drug-likeness (QED) is 0.318. The van der Waals surface area contributed by atoms with E-state index < -0.39 is 0 Å². The summed E-state index contributed by atoms with van der Waals surface area (Å²) in [6.45, 7) is 22.8. The Morgan fingerprint density at radius 1 is 0.650 bits per heavy atom. The van der Waals surface area contributed by atoms with E-state index in [2.05, 4.69) is 88.1 Å². The van der Waals surface area contributed by atoms with Gasteiger partial charge in [-0.1, -0.05) is 93.9 Å². The Balaban J connectivity index is 1.48. The second-order valence-corrected chi connectivity index (χ2v) is 16.8. The van der Waals surface area contributed by atoms with Crippen LogP contribution in [0.2, 0.25) is 0 Å². The molecule has 5 fully saturated rings. The lowest BCUT2D eigenvalue weighted by Gasteiger charge is -2.51. The minimum absolute atomic E-state index is 0.334. The second kappa shape index (κ2) is 11.7. The molecule has 4 nitrogen and oxygen atoms in total. The number of hydrogen-bond acceptors (Lipinski definition) is 4. The standard InChI is InChI=1S/C35H63N4P/c1-10-22-20(7)28-17-33-26(14-5)27(15-6)35-19-34-23(11-2)21(8)32(38(34)40(9)39(33)35)18-31-25(13-4)24(12-3)30(37-31)16-29(22)36-28/h18,20-31,33-37H,10-17,19H2,1-9H3/b32-18-. The number of fused-ring (bicyclic) bond motifs is 4. The zero-order valence-corrected chi connectivity index (χ0v) is 28.3. The van der Waals surface area contributed by atoms with Gasteiger partial charge in [-0.25, -0.2) is 0 Å². The summed E-state index contributed by atoms with van der Waals surface area (Å²) in [5.74, 6) is 6.39. The minimum Gasteiger partial charge on any atom is -0.338 e. The highest BCUT2D eigenvalue weighted by molar-refractivity contribution is 7.52. The predicted molar refractivity (Wildman–Crippen MR) is 172 cm³/mol. The van der Waals surface area contributed by atoms with Crippen LogP contribution in [0.15, 0.2) is 11.8 Å². The van der Waals surface area contributed by atoms with Crippen LogP contribution < -0.4 is 10.6 Å². The van der Waals surface area contributed by atoms with Crippen molar-refractivity contribution in [2.45, 2.75) is 155 Å². The van der Waals surface area contributed by atoms with Crippen molar-refractivity contribution in [3.8, 4) is 0 Å². The summed E-state index contributed by atoms with van der Waals surface area (Å²) in [4.78, 5) is 0. The van der Waals surface area contributed by atoms with Crippen LogP contribution in [0.1, 0.15) is 113 Å². The molecule has 5 heteroatoms. The first kappa shape index (κ1) is 29.9. The maximum absolute atomic E-state index is 4.37. The Labute approximate surface area is 249 Å². The molecule has 40 heavy (non-hydrogen) atoms. The summed E-state index contributed by atoms with van der Waals surface area (Å²) in [5, 5.41) is 8.70. The predicted octanol–water partition coefficient (Wildman–Crippen LogP) is 7.86. The summed E-state index contributed by atoms with van der Waals surface area (Å²) in [6.07, 6.45) is 14.9. The molecule has 0 aliphatic carbocycles. The second-order valence-electron chi connectivity index (χ2n) is 15.0. The van der Waals surface area contributed by atoms with Gasteiger partial charge >= 0.3 is 0 Å². The molecule has 228 valence electrons. The zero-order chi connectivity index (χ0) is 28.5. The highest BCUT2D eigenvalue weighted by atomic mass is 31.1. The molecule has 5 saturated heterocycles. The molecular weight excluding hydrogens is 507 g/mol. The number of hydrogen-bond donors (Lipinski definition) is 2. The first-order valence-electron chi connectivity index (χ1n) is 17.9. The van der Waals surface area contributed by atoms with Crippen molar-refractivity contribution < 1.29 is 0 Å². The van der Waals surface area contributed by atoms with E-state index in [1.54, 1.807) is 5.70 Å². The van der Waals surface area contributed by atoms with E-state index in [1.807, 2.05) is 0 Å². The van der Waals surface area contributed by atoms with Crippen molar-refractivity contribution in [1.29, 1.82) is 0 Å². The fraction of sp³-hybridized carbons (Fsp3) is 0.943. The Kier molecular flexibility index (Phi) is 8.78. The fourth-order valence-corrected chi connectivity index (χ4v) is 15.0. The molecule has 2 N–H and O–H groups in total. The summed E-state index contributed by atoms with van der Waals surface area (Å²) < 4.78 is 6.25. The van der Waals surface area contributed by atoms with Crippen LogP contribution in [0.3, 0.4) is 0 Å². The van der Waals surface area contributed by atoms with Crippen LogP contribution in [0.5, 0.6) is 0 Å². The normalized spacial score (nSPS) is 53.5. The average molecular weight is 571 g/mol. The van der Waals surface area contributed by atoms with Crippen molar-refractivity contribution in [2.75, 3.05) is 6.66 Å². The molecule has 6 aliphatic heterocycles. The molecule has 0 saturated carbocycles. The monoisotopic (exact) mass is 570 g/mol. The van der Waals surface area contributed by atoms with E-state index in [1.165, 1.54) is 57.8 Å². The molecule has 0 radical (unpaired) electrons. The number of allylic oxidation sites excluding steroid dienone is 1.